The Kier molecular flexibility index (Phi) is 5.30. The number of allylic oxidation sites excluding steroid dienone is 1. The summed E-state index contributed by atoms with van der Waals surface area (Å²) in [5.74, 6) is 0.211. The lowest BCUT2D eigenvalue weighted by molar-refractivity contribution is -0.117. The van der Waals surface area contributed by atoms with Crippen LogP contribution in [0, 0.1) is 6.92 Å². The molecule has 1 aromatic heterocycles. The minimum absolute atomic E-state index is 0.119. The van der Waals surface area contributed by atoms with Gasteiger partial charge in [0, 0.05) is 18.1 Å². The Labute approximate surface area is 179 Å². The molecule has 1 aliphatic heterocycles. The van der Waals surface area contributed by atoms with Gasteiger partial charge in [0.05, 0.1) is 10.6 Å². The number of Topliss-reactive ketones (excluding diaryl/α,β-unsaturated/α-hetero) is 1. The smallest absolute Gasteiger partial charge is 0.243 e. The highest BCUT2D eigenvalue weighted by molar-refractivity contribution is 8.04. The van der Waals surface area contributed by atoms with Crippen molar-refractivity contribution in [1.29, 1.82) is 0 Å². The summed E-state index contributed by atoms with van der Waals surface area (Å²) in [7, 11) is 0. The van der Waals surface area contributed by atoms with Crippen LogP contribution in [-0.4, -0.2) is 26.6 Å². The van der Waals surface area contributed by atoms with Crippen LogP contribution in [0.4, 0.5) is 0 Å². The van der Waals surface area contributed by atoms with Gasteiger partial charge < -0.3 is 0 Å². The van der Waals surface area contributed by atoms with Crippen molar-refractivity contribution in [3.8, 4) is 11.4 Å². The number of aromatic nitrogens is 3. The van der Waals surface area contributed by atoms with Crippen molar-refractivity contribution in [1.82, 2.24) is 14.9 Å². The third-order valence-corrected chi connectivity index (χ3v) is 6.12. The summed E-state index contributed by atoms with van der Waals surface area (Å²) in [6, 6.07) is 15.8. The van der Waals surface area contributed by atoms with Crippen molar-refractivity contribution in [2.24, 2.45) is 0 Å². The molecule has 3 aromatic rings. The van der Waals surface area contributed by atoms with E-state index in [1.807, 2.05) is 55.5 Å². The molecule has 0 saturated heterocycles. The number of fused-ring (bicyclic) bond motifs is 1. The monoisotopic (exact) mass is 418 g/mol. The first-order valence-electron chi connectivity index (χ1n) is 9.76. The van der Waals surface area contributed by atoms with Crippen molar-refractivity contribution >= 4 is 29.1 Å². The van der Waals surface area contributed by atoms with Crippen LogP contribution < -0.4 is 5.01 Å². The van der Waals surface area contributed by atoms with E-state index >= 15 is 0 Å². The number of hydrogen-bond acceptors (Lipinski definition) is 5. The molecule has 0 aliphatic carbocycles. The molecule has 6 nitrogen and oxygen atoms in total. The molecule has 152 valence electrons. The quantitative estimate of drug-likeness (QED) is 0.630. The number of amides is 1. The summed E-state index contributed by atoms with van der Waals surface area (Å²) in [5.41, 5.74) is 4.52. The van der Waals surface area contributed by atoms with E-state index < -0.39 is 0 Å². The fourth-order valence-electron chi connectivity index (χ4n) is 3.42. The molecular formula is C23H22N4O2S. The Morgan fingerprint density at radius 1 is 0.933 bits per heavy atom. The average Bonchev–Trinajstić information content (AvgIpc) is 3.16. The maximum Gasteiger partial charge on any atom is 0.243 e. The van der Waals surface area contributed by atoms with Crippen molar-refractivity contribution in [2.45, 2.75) is 39.3 Å². The second kappa shape index (κ2) is 7.91. The molecule has 1 amide bonds. The maximum atomic E-state index is 12.9. The van der Waals surface area contributed by atoms with Gasteiger partial charge in [-0.1, -0.05) is 61.0 Å². The Bertz CT molecular complexity index is 1160. The van der Waals surface area contributed by atoms with E-state index in [2.05, 4.69) is 17.1 Å². The summed E-state index contributed by atoms with van der Waals surface area (Å²) in [5, 5.41) is 10.6. The van der Waals surface area contributed by atoms with Crippen molar-refractivity contribution in [3.63, 3.8) is 0 Å². The van der Waals surface area contributed by atoms with Crippen LogP contribution in [0.2, 0.25) is 0 Å². The minimum atomic E-state index is -0.224. The summed E-state index contributed by atoms with van der Waals surface area (Å²) in [6.07, 6.45) is 0.914. The lowest BCUT2D eigenvalue weighted by Crippen LogP contribution is -2.41. The van der Waals surface area contributed by atoms with Gasteiger partial charge >= 0.3 is 0 Å². The Morgan fingerprint density at radius 3 is 2.13 bits per heavy atom. The van der Waals surface area contributed by atoms with Crippen molar-refractivity contribution in [3.05, 3.63) is 70.1 Å². The SMILES string of the molecule is CCc1ccc(C2=C(C(C)=O)Sc3nnc(-c4ccc(C)cc4)n3N2C(C)=O)cc1. The van der Waals surface area contributed by atoms with Crippen LogP contribution >= 0.6 is 11.8 Å². The molecule has 30 heavy (non-hydrogen) atoms. The summed E-state index contributed by atoms with van der Waals surface area (Å²) in [4.78, 5) is 25.9. The molecule has 0 spiro atoms. The molecule has 1 aliphatic rings. The van der Waals surface area contributed by atoms with Crippen LogP contribution in [0.15, 0.2) is 58.6 Å². The van der Waals surface area contributed by atoms with Gasteiger partial charge in [-0.3, -0.25) is 9.59 Å². The molecule has 2 aromatic carbocycles. The highest BCUT2D eigenvalue weighted by atomic mass is 32.2. The molecular weight excluding hydrogens is 396 g/mol. The fraction of sp³-hybridized carbons (Fsp3) is 0.217. The molecule has 7 heteroatoms. The molecule has 4 rings (SSSR count). The molecule has 0 bridgehead atoms. The standard InChI is InChI=1S/C23H22N4O2S/c1-5-17-8-12-18(13-9-17)20-21(15(3)28)30-23-25-24-22(27(23)26(20)16(4)29)19-10-6-14(2)7-11-19/h6-13H,5H2,1-4H3. The van der Waals surface area contributed by atoms with Crippen LogP contribution in [0.1, 0.15) is 37.5 Å². The minimum Gasteiger partial charge on any atom is -0.294 e. The summed E-state index contributed by atoms with van der Waals surface area (Å²) in [6.45, 7) is 7.09. The number of thioether (sulfide) groups is 1. The number of rotatable bonds is 4. The first kappa shape index (κ1) is 20.1. The molecule has 0 radical (unpaired) electrons. The zero-order chi connectivity index (χ0) is 21.4. The van der Waals surface area contributed by atoms with E-state index in [9.17, 15) is 9.59 Å². The lowest BCUT2D eigenvalue weighted by atomic mass is 10.1. The van der Waals surface area contributed by atoms with Crippen molar-refractivity contribution in [2.75, 3.05) is 5.01 Å². The second-order valence-electron chi connectivity index (χ2n) is 7.20. The van der Waals surface area contributed by atoms with Crippen molar-refractivity contribution < 1.29 is 9.59 Å². The van der Waals surface area contributed by atoms with E-state index in [0.717, 1.165) is 23.1 Å². The molecule has 0 N–H and O–H groups in total. The molecule has 2 heterocycles. The van der Waals surface area contributed by atoms with Crippen LogP contribution in [0.3, 0.4) is 0 Å². The van der Waals surface area contributed by atoms with E-state index in [-0.39, 0.29) is 11.7 Å². The van der Waals surface area contributed by atoms with Crippen LogP contribution in [-0.2, 0) is 16.0 Å². The molecule has 0 atom stereocenters. The Balaban J connectivity index is 1.93. The van der Waals surface area contributed by atoms with Gasteiger partial charge in [-0.15, -0.1) is 10.2 Å². The fourth-order valence-corrected chi connectivity index (χ4v) is 4.38. The molecule has 0 unspecified atom stereocenters. The zero-order valence-electron chi connectivity index (χ0n) is 17.3. The van der Waals surface area contributed by atoms with Crippen LogP contribution in [0.5, 0.6) is 0 Å². The lowest BCUT2D eigenvalue weighted by Gasteiger charge is -2.32. The number of benzene rings is 2. The van der Waals surface area contributed by atoms with E-state index in [1.165, 1.54) is 36.2 Å². The molecule has 0 fully saturated rings. The first-order valence-corrected chi connectivity index (χ1v) is 10.6. The predicted molar refractivity (Wildman–Crippen MR) is 118 cm³/mol. The highest BCUT2D eigenvalue weighted by Gasteiger charge is 2.35. The highest BCUT2D eigenvalue weighted by Crippen LogP contribution is 2.41. The topological polar surface area (TPSA) is 68.1 Å². The number of nitrogens with zero attached hydrogens (tertiary/aromatic N) is 4. The van der Waals surface area contributed by atoms with Crippen LogP contribution in [0.25, 0.3) is 17.1 Å². The third-order valence-electron chi connectivity index (χ3n) is 5.00. The number of ketones is 1. The van der Waals surface area contributed by atoms with E-state index in [0.29, 0.717) is 21.6 Å². The third kappa shape index (κ3) is 3.45. The Morgan fingerprint density at radius 2 is 1.57 bits per heavy atom. The van der Waals surface area contributed by atoms with Gasteiger partial charge in [0.15, 0.2) is 11.6 Å². The summed E-state index contributed by atoms with van der Waals surface area (Å²) < 4.78 is 1.70. The van der Waals surface area contributed by atoms with Gasteiger partial charge in [-0.25, -0.2) is 5.01 Å². The number of aryl methyl sites for hydroxylation is 2. The maximum absolute atomic E-state index is 12.9. The number of carbonyl (C=O) groups is 2. The number of carbonyl (C=O) groups excluding carboxylic acids is 2. The Hall–Kier alpha value is -3.19. The average molecular weight is 419 g/mol. The van der Waals surface area contributed by atoms with Gasteiger partial charge in [0.1, 0.15) is 0 Å². The summed E-state index contributed by atoms with van der Waals surface area (Å²) >= 11 is 1.24. The van der Waals surface area contributed by atoms with E-state index in [4.69, 9.17) is 0 Å². The molecule has 0 saturated carbocycles. The number of hydrogen-bond donors (Lipinski definition) is 0. The second-order valence-corrected chi connectivity index (χ2v) is 8.18. The van der Waals surface area contributed by atoms with Gasteiger partial charge in [-0.2, -0.15) is 4.68 Å². The van der Waals surface area contributed by atoms with Gasteiger partial charge in [-0.05, 0) is 37.6 Å². The normalized spacial score (nSPS) is 13.4. The zero-order valence-corrected chi connectivity index (χ0v) is 18.2. The van der Waals surface area contributed by atoms with Gasteiger partial charge in [0.2, 0.25) is 11.1 Å². The predicted octanol–water partition coefficient (Wildman–Crippen LogP) is 4.36. The first-order chi connectivity index (χ1) is 14.4. The largest absolute Gasteiger partial charge is 0.294 e. The van der Waals surface area contributed by atoms with E-state index in [1.54, 1.807) is 4.68 Å². The van der Waals surface area contributed by atoms with Gasteiger partial charge in [0.25, 0.3) is 0 Å².